The van der Waals surface area contributed by atoms with E-state index in [1.165, 1.54) is 42.4 Å². The molecule has 1 aliphatic rings. The van der Waals surface area contributed by atoms with Crippen molar-refractivity contribution in [3.8, 4) is 0 Å². The van der Waals surface area contributed by atoms with Crippen LogP contribution in [0.15, 0.2) is 18.2 Å². The standard InChI is InChI=1S/C16H25NO/c1-3-16(11-18)17-12(2)14-9-8-13-6-4-5-7-15(13)10-14/h8-10,12,16-18H,3-7,11H2,1-2H3/t12?,16-/m1/s1. The summed E-state index contributed by atoms with van der Waals surface area (Å²) in [7, 11) is 0. The molecule has 2 N–H and O–H groups in total. The van der Waals surface area contributed by atoms with Crippen LogP contribution in [0.25, 0.3) is 0 Å². The summed E-state index contributed by atoms with van der Waals surface area (Å²) in [6.07, 6.45) is 6.10. The number of aryl methyl sites for hydroxylation is 2. The van der Waals surface area contributed by atoms with Gasteiger partial charge >= 0.3 is 0 Å². The molecule has 100 valence electrons. The zero-order valence-electron chi connectivity index (χ0n) is 11.6. The van der Waals surface area contributed by atoms with E-state index in [4.69, 9.17) is 0 Å². The predicted molar refractivity (Wildman–Crippen MR) is 75.8 cm³/mol. The van der Waals surface area contributed by atoms with E-state index in [2.05, 4.69) is 37.4 Å². The van der Waals surface area contributed by atoms with Gasteiger partial charge in [0.05, 0.1) is 6.61 Å². The van der Waals surface area contributed by atoms with Gasteiger partial charge in [-0.1, -0.05) is 25.1 Å². The van der Waals surface area contributed by atoms with Gasteiger partial charge in [-0.3, -0.25) is 0 Å². The molecule has 0 fully saturated rings. The molecule has 0 radical (unpaired) electrons. The summed E-state index contributed by atoms with van der Waals surface area (Å²) in [5.74, 6) is 0. The highest BCUT2D eigenvalue weighted by molar-refractivity contribution is 5.35. The van der Waals surface area contributed by atoms with Gasteiger partial charge in [0.25, 0.3) is 0 Å². The van der Waals surface area contributed by atoms with Crippen molar-refractivity contribution in [1.82, 2.24) is 5.32 Å². The number of rotatable bonds is 5. The second-order valence-corrected chi connectivity index (χ2v) is 5.41. The Kier molecular flexibility index (Phi) is 4.79. The average Bonchev–Trinajstić information content (AvgIpc) is 2.44. The maximum atomic E-state index is 9.25. The van der Waals surface area contributed by atoms with Crippen LogP contribution in [-0.2, 0) is 12.8 Å². The van der Waals surface area contributed by atoms with Crippen LogP contribution < -0.4 is 5.32 Å². The van der Waals surface area contributed by atoms with Crippen LogP contribution in [-0.4, -0.2) is 17.8 Å². The first-order chi connectivity index (χ1) is 8.74. The molecular formula is C16H25NO. The molecule has 0 amide bonds. The molecule has 1 aromatic rings. The number of benzene rings is 1. The van der Waals surface area contributed by atoms with Crippen LogP contribution in [0.5, 0.6) is 0 Å². The molecule has 1 aromatic carbocycles. The van der Waals surface area contributed by atoms with E-state index in [0.717, 1.165) is 6.42 Å². The molecule has 0 saturated heterocycles. The lowest BCUT2D eigenvalue weighted by molar-refractivity contribution is 0.230. The zero-order valence-corrected chi connectivity index (χ0v) is 11.6. The highest BCUT2D eigenvalue weighted by atomic mass is 16.3. The molecule has 0 aliphatic heterocycles. The number of aliphatic hydroxyl groups is 1. The van der Waals surface area contributed by atoms with Crippen molar-refractivity contribution in [2.24, 2.45) is 0 Å². The lowest BCUT2D eigenvalue weighted by Crippen LogP contribution is -2.34. The van der Waals surface area contributed by atoms with E-state index in [0.29, 0.717) is 6.04 Å². The van der Waals surface area contributed by atoms with E-state index >= 15 is 0 Å². The Morgan fingerprint density at radius 3 is 2.61 bits per heavy atom. The zero-order chi connectivity index (χ0) is 13.0. The third-order valence-electron chi connectivity index (χ3n) is 4.07. The molecule has 2 nitrogen and oxygen atoms in total. The van der Waals surface area contributed by atoms with Gasteiger partial charge < -0.3 is 10.4 Å². The summed E-state index contributed by atoms with van der Waals surface area (Å²) in [5.41, 5.74) is 4.42. The molecule has 0 heterocycles. The fourth-order valence-electron chi connectivity index (χ4n) is 2.77. The highest BCUT2D eigenvalue weighted by Crippen LogP contribution is 2.25. The number of aliphatic hydroxyl groups excluding tert-OH is 1. The molecule has 1 aliphatic carbocycles. The Morgan fingerprint density at radius 1 is 1.22 bits per heavy atom. The summed E-state index contributed by atoms with van der Waals surface area (Å²) in [6, 6.07) is 7.41. The van der Waals surface area contributed by atoms with E-state index < -0.39 is 0 Å². The van der Waals surface area contributed by atoms with Crippen LogP contribution in [0.4, 0.5) is 0 Å². The second kappa shape index (κ2) is 6.35. The third kappa shape index (κ3) is 3.12. The van der Waals surface area contributed by atoms with E-state index in [1.807, 2.05) is 0 Å². The topological polar surface area (TPSA) is 32.3 Å². The minimum Gasteiger partial charge on any atom is -0.395 e. The van der Waals surface area contributed by atoms with Gasteiger partial charge in [-0.2, -0.15) is 0 Å². The smallest absolute Gasteiger partial charge is 0.0584 e. The van der Waals surface area contributed by atoms with Gasteiger partial charge in [0.15, 0.2) is 0 Å². The van der Waals surface area contributed by atoms with Crippen molar-refractivity contribution in [3.63, 3.8) is 0 Å². The highest BCUT2D eigenvalue weighted by Gasteiger charge is 2.14. The molecule has 1 unspecified atom stereocenters. The fraction of sp³-hybridized carbons (Fsp3) is 0.625. The van der Waals surface area contributed by atoms with Crippen molar-refractivity contribution in [1.29, 1.82) is 0 Å². The first-order valence-electron chi connectivity index (χ1n) is 7.23. The summed E-state index contributed by atoms with van der Waals surface area (Å²) in [6.45, 7) is 4.50. The maximum Gasteiger partial charge on any atom is 0.0584 e. The van der Waals surface area contributed by atoms with Crippen molar-refractivity contribution < 1.29 is 5.11 Å². The van der Waals surface area contributed by atoms with Crippen molar-refractivity contribution >= 4 is 0 Å². The molecule has 0 bridgehead atoms. The first kappa shape index (κ1) is 13.6. The third-order valence-corrected chi connectivity index (χ3v) is 4.07. The number of fused-ring (bicyclic) bond motifs is 1. The summed E-state index contributed by atoms with van der Waals surface area (Å²) in [4.78, 5) is 0. The molecule has 2 atom stereocenters. The minimum atomic E-state index is 0.205. The Bertz CT molecular complexity index is 385. The van der Waals surface area contributed by atoms with E-state index in [9.17, 15) is 5.11 Å². The molecule has 0 spiro atoms. The van der Waals surface area contributed by atoms with E-state index in [-0.39, 0.29) is 12.6 Å². The molecular weight excluding hydrogens is 222 g/mol. The SMILES string of the molecule is CC[C@H](CO)NC(C)c1ccc2c(c1)CCCC2. The van der Waals surface area contributed by atoms with Crippen molar-refractivity contribution in [3.05, 3.63) is 34.9 Å². The summed E-state index contributed by atoms with van der Waals surface area (Å²) >= 11 is 0. The monoisotopic (exact) mass is 247 g/mol. The Hall–Kier alpha value is -0.860. The molecule has 0 aromatic heterocycles. The van der Waals surface area contributed by atoms with Gasteiger partial charge in [-0.25, -0.2) is 0 Å². The predicted octanol–water partition coefficient (Wildman–Crippen LogP) is 2.99. The lowest BCUT2D eigenvalue weighted by Gasteiger charge is -2.23. The molecule has 2 heteroatoms. The Balaban J connectivity index is 2.08. The normalized spacial score (nSPS) is 18.2. The van der Waals surface area contributed by atoms with Crippen LogP contribution in [0.3, 0.4) is 0 Å². The van der Waals surface area contributed by atoms with Crippen LogP contribution in [0.2, 0.25) is 0 Å². The number of hydrogen-bond acceptors (Lipinski definition) is 2. The van der Waals surface area contributed by atoms with Gasteiger partial charge in [-0.15, -0.1) is 0 Å². The van der Waals surface area contributed by atoms with E-state index in [1.54, 1.807) is 0 Å². The molecule has 2 rings (SSSR count). The van der Waals surface area contributed by atoms with Crippen LogP contribution in [0, 0.1) is 0 Å². The molecule has 0 saturated carbocycles. The van der Waals surface area contributed by atoms with Crippen LogP contribution >= 0.6 is 0 Å². The minimum absolute atomic E-state index is 0.205. The average molecular weight is 247 g/mol. The summed E-state index contributed by atoms with van der Waals surface area (Å²) in [5, 5.41) is 12.7. The number of hydrogen-bond donors (Lipinski definition) is 2. The lowest BCUT2D eigenvalue weighted by atomic mass is 9.89. The molecule has 18 heavy (non-hydrogen) atoms. The first-order valence-corrected chi connectivity index (χ1v) is 7.23. The largest absolute Gasteiger partial charge is 0.395 e. The van der Waals surface area contributed by atoms with Gasteiger partial charge in [-0.05, 0) is 55.7 Å². The Labute approximate surface area is 110 Å². The van der Waals surface area contributed by atoms with Crippen molar-refractivity contribution in [2.45, 2.75) is 58.0 Å². The van der Waals surface area contributed by atoms with Gasteiger partial charge in [0.2, 0.25) is 0 Å². The fourth-order valence-corrected chi connectivity index (χ4v) is 2.77. The Morgan fingerprint density at radius 2 is 1.94 bits per heavy atom. The maximum absolute atomic E-state index is 9.25. The number of nitrogens with one attached hydrogen (secondary N) is 1. The van der Waals surface area contributed by atoms with Gasteiger partial charge in [0, 0.05) is 12.1 Å². The second-order valence-electron chi connectivity index (χ2n) is 5.41. The van der Waals surface area contributed by atoms with Crippen LogP contribution in [0.1, 0.15) is 55.8 Å². The quantitative estimate of drug-likeness (QED) is 0.838. The van der Waals surface area contributed by atoms with Crippen molar-refractivity contribution in [2.75, 3.05) is 6.61 Å². The summed E-state index contributed by atoms with van der Waals surface area (Å²) < 4.78 is 0. The van der Waals surface area contributed by atoms with Gasteiger partial charge in [0.1, 0.15) is 0 Å².